The molecule has 0 aromatic heterocycles. The van der Waals surface area contributed by atoms with Crippen molar-refractivity contribution < 1.29 is 18.3 Å². The highest BCUT2D eigenvalue weighted by Crippen LogP contribution is 2.12. The summed E-state index contributed by atoms with van der Waals surface area (Å²) in [6, 6.07) is 3.81. The number of benzene rings is 1. The molecule has 1 rings (SSSR count). The third-order valence-electron chi connectivity index (χ3n) is 2.03. The Kier molecular flexibility index (Phi) is 5.05. The molecule has 1 aromatic rings. The lowest BCUT2D eigenvalue weighted by atomic mass is 10.1. The molecule has 0 radical (unpaired) electrons. The Morgan fingerprint density at radius 2 is 2.12 bits per heavy atom. The lowest BCUT2D eigenvalue weighted by Gasteiger charge is -2.04. The highest BCUT2D eigenvalue weighted by Gasteiger charge is 2.11. The van der Waals surface area contributed by atoms with Crippen LogP contribution < -0.4 is 0 Å². The molecule has 0 atom stereocenters. The molecule has 0 unspecified atom stereocenters. The zero-order valence-electron chi connectivity index (χ0n) is 9.13. The van der Waals surface area contributed by atoms with Crippen LogP contribution in [0.4, 0.5) is 8.78 Å². The Morgan fingerprint density at radius 3 is 2.81 bits per heavy atom. The normalized spacial score (nSPS) is 10.4. The van der Waals surface area contributed by atoms with Crippen LogP contribution in [-0.2, 0) is 16.0 Å². The third-order valence-corrected chi connectivity index (χ3v) is 2.03. The van der Waals surface area contributed by atoms with Crippen LogP contribution in [0, 0.1) is 11.6 Å². The third kappa shape index (κ3) is 3.70. The van der Waals surface area contributed by atoms with Crippen LogP contribution in [0.15, 0.2) is 18.2 Å². The first kappa shape index (κ1) is 12.8. The van der Waals surface area contributed by atoms with E-state index in [1.165, 1.54) is 12.1 Å². The number of ether oxygens (including phenoxy) is 1. The van der Waals surface area contributed by atoms with E-state index in [0.29, 0.717) is 6.61 Å². The molecule has 0 bridgehead atoms. The smallest absolute Gasteiger partial charge is 0.162 e. The lowest BCUT2D eigenvalue weighted by molar-refractivity contribution is -0.122. The van der Waals surface area contributed by atoms with E-state index in [9.17, 15) is 13.6 Å². The van der Waals surface area contributed by atoms with Gasteiger partial charge in [0.05, 0.1) is 0 Å². The molecular formula is C12H14F2O2. The summed E-state index contributed by atoms with van der Waals surface area (Å²) < 4.78 is 31.0. The number of hydrogen-bond acceptors (Lipinski definition) is 2. The molecule has 0 aliphatic carbocycles. The largest absolute Gasteiger partial charge is 0.374 e. The summed E-state index contributed by atoms with van der Waals surface area (Å²) in [6.07, 6.45) is 0.689. The second kappa shape index (κ2) is 6.33. The summed E-state index contributed by atoms with van der Waals surface area (Å²) in [5.41, 5.74) is 0.0742. The molecule has 4 heteroatoms. The number of carbonyl (C=O) groups excluding carboxylic acids is 1. The van der Waals surface area contributed by atoms with Crippen molar-refractivity contribution in [2.24, 2.45) is 0 Å². The molecule has 0 fully saturated rings. The first-order valence-corrected chi connectivity index (χ1v) is 5.17. The molecule has 0 aliphatic heterocycles. The minimum atomic E-state index is -0.952. The first-order chi connectivity index (χ1) is 7.65. The molecule has 0 amide bonds. The van der Waals surface area contributed by atoms with E-state index < -0.39 is 11.6 Å². The quantitative estimate of drug-likeness (QED) is 0.699. The van der Waals surface area contributed by atoms with E-state index >= 15 is 0 Å². The predicted octanol–water partition coefficient (Wildman–Crippen LogP) is 2.50. The molecule has 1 aromatic carbocycles. The minimum Gasteiger partial charge on any atom is -0.374 e. The second-order valence-corrected chi connectivity index (χ2v) is 3.48. The maximum atomic E-state index is 13.2. The van der Waals surface area contributed by atoms with Gasteiger partial charge in [-0.15, -0.1) is 0 Å². The number of rotatable bonds is 6. The van der Waals surface area contributed by atoms with Crippen molar-refractivity contribution in [2.45, 2.75) is 19.8 Å². The molecule has 88 valence electrons. The van der Waals surface area contributed by atoms with Gasteiger partial charge in [-0.05, 0) is 18.1 Å². The van der Waals surface area contributed by atoms with Gasteiger partial charge in [0.25, 0.3) is 0 Å². The summed E-state index contributed by atoms with van der Waals surface area (Å²) in [6.45, 7) is 2.37. The summed E-state index contributed by atoms with van der Waals surface area (Å²) in [5, 5.41) is 0. The van der Waals surface area contributed by atoms with Crippen molar-refractivity contribution in [1.29, 1.82) is 0 Å². The molecule has 16 heavy (non-hydrogen) atoms. The van der Waals surface area contributed by atoms with Crippen molar-refractivity contribution in [3.63, 3.8) is 0 Å². The molecule has 0 N–H and O–H groups in total. The number of halogens is 2. The predicted molar refractivity (Wildman–Crippen MR) is 56.2 cm³/mol. The van der Waals surface area contributed by atoms with Crippen LogP contribution in [0.3, 0.4) is 0 Å². The van der Waals surface area contributed by atoms with Crippen molar-refractivity contribution >= 4 is 5.78 Å². The number of carbonyl (C=O) groups is 1. The van der Waals surface area contributed by atoms with Crippen LogP contribution in [-0.4, -0.2) is 19.0 Å². The molecular weight excluding hydrogens is 214 g/mol. The maximum absolute atomic E-state index is 13.2. The highest BCUT2D eigenvalue weighted by molar-refractivity contribution is 5.82. The van der Waals surface area contributed by atoms with Crippen molar-refractivity contribution in [2.75, 3.05) is 13.2 Å². The Morgan fingerprint density at radius 1 is 1.38 bits per heavy atom. The van der Waals surface area contributed by atoms with E-state index in [4.69, 9.17) is 4.74 Å². The van der Waals surface area contributed by atoms with Crippen molar-refractivity contribution in [1.82, 2.24) is 0 Å². The highest BCUT2D eigenvalue weighted by atomic mass is 19.2. The number of ketones is 1. The molecule has 0 saturated carbocycles. The van der Waals surface area contributed by atoms with Crippen LogP contribution in [0.5, 0.6) is 0 Å². The van der Waals surface area contributed by atoms with Gasteiger partial charge in [0.2, 0.25) is 0 Å². The maximum Gasteiger partial charge on any atom is 0.162 e. The van der Waals surface area contributed by atoms with Crippen LogP contribution in [0.1, 0.15) is 18.9 Å². The standard InChI is InChI=1S/C12H14F2O2/c1-2-6-16-8-10(15)7-9-4-3-5-11(13)12(9)14/h3-5H,2,6-8H2,1H3. The summed E-state index contributed by atoms with van der Waals surface area (Å²) >= 11 is 0. The summed E-state index contributed by atoms with van der Waals surface area (Å²) in [5.74, 6) is -2.14. The Labute approximate surface area is 93.2 Å². The van der Waals surface area contributed by atoms with E-state index in [1.807, 2.05) is 6.92 Å². The Hall–Kier alpha value is -1.29. The average Bonchev–Trinajstić information content (AvgIpc) is 2.25. The number of Topliss-reactive ketones (excluding diaryl/α,β-unsaturated/α-hetero) is 1. The van der Waals surface area contributed by atoms with Crippen molar-refractivity contribution in [3.8, 4) is 0 Å². The average molecular weight is 228 g/mol. The van der Waals surface area contributed by atoms with Crippen LogP contribution in [0.2, 0.25) is 0 Å². The fraction of sp³-hybridized carbons (Fsp3) is 0.417. The van der Waals surface area contributed by atoms with Gasteiger partial charge in [0, 0.05) is 13.0 Å². The van der Waals surface area contributed by atoms with Gasteiger partial charge in [0.15, 0.2) is 17.4 Å². The van der Waals surface area contributed by atoms with E-state index in [1.54, 1.807) is 0 Å². The van der Waals surface area contributed by atoms with Gasteiger partial charge in [-0.1, -0.05) is 19.1 Å². The van der Waals surface area contributed by atoms with Crippen LogP contribution in [0.25, 0.3) is 0 Å². The molecule has 2 nitrogen and oxygen atoms in total. The number of hydrogen-bond donors (Lipinski definition) is 0. The van der Waals surface area contributed by atoms with E-state index in [2.05, 4.69) is 0 Å². The Bertz CT molecular complexity index is 364. The lowest BCUT2D eigenvalue weighted by Crippen LogP contribution is -2.13. The monoisotopic (exact) mass is 228 g/mol. The molecule has 0 saturated heterocycles. The van der Waals surface area contributed by atoms with Gasteiger partial charge in [0.1, 0.15) is 6.61 Å². The topological polar surface area (TPSA) is 26.3 Å². The molecule has 0 heterocycles. The summed E-state index contributed by atoms with van der Waals surface area (Å²) in [4.78, 5) is 11.3. The van der Waals surface area contributed by atoms with Gasteiger partial charge < -0.3 is 4.74 Å². The molecule has 0 spiro atoms. The summed E-state index contributed by atoms with van der Waals surface area (Å²) in [7, 11) is 0. The zero-order valence-corrected chi connectivity index (χ0v) is 9.13. The van der Waals surface area contributed by atoms with Crippen LogP contribution >= 0.6 is 0 Å². The van der Waals surface area contributed by atoms with Gasteiger partial charge in [-0.2, -0.15) is 0 Å². The van der Waals surface area contributed by atoms with Gasteiger partial charge >= 0.3 is 0 Å². The fourth-order valence-electron chi connectivity index (χ4n) is 1.28. The first-order valence-electron chi connectivity index (χ1n) is 5.17. The SMILES string of the molecule is CCCOCC(=O)Cc1cccc(F)c1F. The second-order valence-electron chi connectivity index (χ2n) is 3.48. The van der Waals surface area contributed by atoms with Crippen molar-refractivity contribution in [3.05, 3.63) is 35.4 Å². The Balaban J connectivity index is 2.53. The minimum absolute atomic E-state index is 0.0518. The zero-order chi connectivity index (χ0) is 12.0. The molecule has 0 aliphatic rings. The van der Waals surface area contributed by atoms with E-state index in [-0.39, 0.29) is 24.4 Å². The fourth-order valence-corrected chi connectivity index (χ4v) is 1.28. The van der Waals surface area contributed by atoms with Gasteiger partial charge in [-0.3, -0.25) is 4.79 Å². The van der Waals surface area contributed by atoms with E-state index in [0.717, 1.165) is 12.5 Å². The van der Waals surface area contributed by atoms with Gasteiger partial charge in [-0.25, -0.2) is 8.78 Å².